The van der Waals surface area contributed by atoms with E-state index in [9.17, 15) is 22.0 Å². The lowest BCUT2D eigenvalue weighted by Gasteiger charge is -2.21. The quantitative estimate of drug-likeness (QED) is 0.327. The van der Waals surface area contributed by atoms with Gasteiger partial charge in [0.05, 0.1) is 19.8 Å². The highest BCUT2D eigenvalue weighted by molar-refractivity contribution is 5.35. The van der Waals surface area contributed by atoms with Crippen molar-refractivity contribution in [3.8, 4) is 17.2 Å². The van der Waals surface area contributed by atoms with Crippen LogP contribution < -0.4 is 9.47 Å². The summed E-state index contributed by atoms with van der Waals surface area (Å²) in [6, 6.07) is 14.5. The van der Waals surface area contributed by atoms with Crippen molar-refractivity contribution in [3.05, 3.63) is 89.5 Å². The maximum atomic E-state index is 14.1. The summed E-state index contributed by atoms with van der Waals surface area (Å²) in [6.45, 7) is 1.41. The Kier molecular flexibility index (Phi) is 7.69. The summed E-state index contributed by atoms with van der Waals surface area (Å²) in [5, 5.41) is 0. The number of hydrogen-bond acceptors (Lipinski definition) is 3. The minimum atomic E-state index is -4.51. The van der Waals surface area contributed by atoms with Crippen LogP contribution in [0.25, 0.3) is 0 Å². The van der Waals surface area contributed by atoms with E-state index in [0.29, 0.717) is 17.9 Å². The highest BCUT2D eigenvalue weighted by Gasteiger charge is 2.40. The molecule has 3 nitrogen and oxygen atoms in total. The van der Waals surface area contributed by atoms with Gasteiger partial charge in [0.15, 0.2) is 11.6 Å². The molecule has 0 radical (unpaired) electrons. The molecule has 0 amide bonds. The number of benzene rings is 3. The van der Waals surface area contributed by atoms with Gasteiger partial charge in [-0.3, -0.25) is 0 Å². The van der Waals surface area contributed by atoms with E-state index in [1.54, 1.807) is 6.92 Å². The Balaban J connectivity index is 1.66. The molecule has 3 rings (SSSR count). The Morgan fingerprint density at radius 2 is 1.50 bits per heavy atom. The van der Waals surface area contributed by atoms with Crippen molar-refractivity contribution < 1.29 is 36.2 Å². The van der Waals surface area contributed by atoms with Crippen LogP contribution in [0.5, 0.6) is 17.2 Å². The average molecular weight is 452 g/mol. The van der Waals surface area contributed by atoms with Crippen LogP contribution in [0.1, 0.15) is 24.0 Å². The van der Waals surface area contributed by atoms with Crippen molar-refractivity contribution in [2.45, 2.75) is 25.6 Å². The topological polar surface area (TPSA) is 27.7 Å². The predicted octanol–water partition coefficient (Wildman–Crippen LogP) is 7.02. The summed E-state index contributed by atoms with van der Waals surface area (Å²) in [5.41, 5.74) is 0.483. The molecule has 3 aromatic carbocycles. The third kappa shape index (κ3) is 6.43. The summed E-state index contributed by atoms with van der Waals surface area (Å²) in [7, 11) is 0. The van der Waals surface area contributed by atoms with Crippen LogP contribution in [0.15, 0.2) is 66.7 Å². The summed E-state index contributed by atoms with van der Waals surface area (Å²) in [5.74, 6) is -2.40. The second kappa shape index (κ2) is 10.5. The fourth-order valence-corrected chi connectivity index (χ4v) is 2.98. The number of hydrogen-bond donors (Lipinski definition) is 0. The first-order valence-electron chi connectivity index (χ1n) is 9.85. The Hall–Kier alpha value is -3.13. The third-order valence-corrected chi connectivity index (χ3v) is 4.58. The van der Waals surface area contributed by atoms with Crippen molar-refractivity contribution in [2.75, 3.05) is 13.2 Å². The monoisotopic (exact) mass is 452 g/mol. The van der Waals surface area contributed by atoms with Gasteiger partial charge in [0, 0.05) is 0 Å². The van der Waals surface area contributed by atoms with Crippen molar-refractivity contribution >= 4 is 0 Å². The summed E-state index contributed by atoms with van der Waals surface area (Å²) in [6.07, 6.45) is -4.51. The first kappa shape index (κ1) is 23.5. The molecule has 0 fully saturated rings. The van der Waals surface area contributed by atoms with Gasteiger partial charge in [0.2, 0.25) is 0 Å². The number of alkyl halides is 3. The lowest BCUT2D eigenvalue weighted by atomic mass is 9.99. The molecule has 0 heterocycles. The maximum absolute atomic E-state index is 14.1. The fourth-order valence-electron chi connectivity index (χ4n) is 2.98. The van der Waals surface area contributed by atoms with E-state index in [0.717, 1.165) is 6.07 Å². The first-order chi connectivity index (χ1) is 15.3. The van der Waals surface area contributed by atoms with Crippen molar-refractivity contribution in [2.24, 2.45) is 0 Å². The highest BCUT2D eigenvalue weighted by atomic mass is 19.4. The molecule has 1 unspecified atom stereocenters. The smallest absolute Gasteiger partial charge is 0.397 e. The minimum absolute atomic E-state index is 0.0559. The van der Waals surface area contributed by atoms with Crippen LogP contribution in [0.3, 0.4) is 0 Å². The lowest BCUT2D eigenvalue weighted by molar-refractivity contribution is -0.163. The molecule has 0 aliphatic rings. The molecule has 3 aromatic rings. The Morgan fingerprint density at radius 1 is 0.844 bits per heavy atom. The molecule has 0 N–H and O–H groups in total. The molecule has 0 spiro atoms. The van der Waals surface area contributed by atoms with Crippen LogP contribution in [0.4, 0.5) is 22.0 Å². The van der Waals surface area contributed by atoms with Crippen molar-refractivity contribution in [1.82, 2.24) is 0 Å². The van der Waals surface area contributed by atoms with E-state index < -0.39 is 30.3 Å². The van der Waals surface area contributed by atoms with Gasteiger partial charge in [-0.2, -0.15) is 13.2 Å². The molecule has 0 saturated heterocycles. The summed E-state index contributed by atoms with van der Waals surface area (Å²) < 4.78 is 83.7. The van der Waals surface area contributed by atoms with Crippen LogP contribution in [0, 0.1) is 11.6 Å². The molecular weight excluding hydrogens is 431 g/mol. The number of rotatable bonds is 9. The van der Waals surface area contributed by atoms with Crippen LogP contribution in [-0.4, -0.2) is 19.4 Å². The third-order valence-electron chi connectivity index (χ3n) is 4.58. The van der Waals surface area contributed by atoms with E-state index in [1.165, 1.54) is 60.7 Å². The van der Waals surface area contributed by atoms with Gasteiger partial charge in [-0.05, 0) is 66.6 Å². The van der Waals surface area contributed by atoms with Gasteiger partial charge in [-0.1, -0.05) is 18.2 Å². The van der Waals surface area contributed by atoms with Gasteiger partial charge in [0.25, 0.3) is 0 Å². The summed E-state index contributed by atoms with van der Waals surface area (Å²) >= 11 is 0. The fraction of sp³-hybridized carbons (Fsp3) is 0.250. The molecule has 8 heteroatoms. The molecule has 1 atom stereocenters. The molecule has 170 valence electrons. The second-order valence-corrected chi connectivity index (χ2v) is 6.93. The standard InChI is InChI=1S/C24H21F5O3/c1-2-31-19-8-4-17(5-9-19)21(24(27,28)29)15-30-14-16-3-12-22(26)23(13-16)32-20-10-6-18(25)7-11-20/h3-13,21H,2,14-15H2,1H3. The zero-order valence-electron chi connectivity index (χ0n) is 17.2. The van der Waals surface area contributed by atoms with Gasteiger partial charge in [-0.25, -0.2) is 8.78 Å². The van der Waals surface area contributed by atoms with E-state index in [-0.39, 0.29) is 23.7 Å². The normalized spacial score (nSPS) is 12.4. The van der Waals surface area contributed by atoms with Crippen molar-refractivity contribution in [1.29, 1.82) is 0 Å². The van der Waals surface area contributed by atoms with E-state index >= 15 is 0 Å². The Morgan fingerprint density at radius 3 is 2.12 bits per heavy atom. The summed E-state index contributed by atoms with van der Waals surface area (Å²) in [4.78, 5) is 0. The minimum Gasteiger partial charge on any atom is -0.494 e. The largest absolute Gasteiger partial charge is 0.494 e. The molecule has 32 heavy (non-hydrogen) atoms. The van der Waals surface area contributed by atoms with E-state index in [2.05, 4.69) is 0 Å². The predicted molar refractivity (Wildman–Crippen MR) is 109 cm³/mol. The van der Waals surface area contributed by atoms with E-state index in [1.807, 2.05) is 0 Å². The first-order valence-corrected chi connectivity index (χ1v) is 9.85. The van der Waals surface area contributed by atoms with Crippen molar-refractivity contribution in [3.63, 3.8) is 0 Å². The van der Waals surface area contributed by atoms with Gasteiger partial charge in [0.1, 0.15) is 23.2 Å². The van der Waals surface area contributed by atoms with Gasteiger partial charge < -0.3 is 14.2 Å². The van der Waals surface area contributed by atoms with Crippen LogP contribution >= 0.6 is 0 Å². The molecule has 0 aromatic heterocycles. The maximum Gasteiger partial charge on any atom is 0.397 e. The van der Waals surface area contributed by atoms with E-state index in [4.69, 9.17) is 14.2 Å². The second-order valence-electron chi connectivity index (χ2n) is 6.93. The highest BCUT2D eigenvalue weighted by Crippen LogP contribution is 2.36. The van der Waals surface area contributed by atoms with Crippen LogP contribution in [0.2, 0.25) is 0 Å². The van der Waals surface area contributed by atoms with Gasteiger partial charge in [-0.15, -0.1) is 0 Å². The zero-order valence-corrected chi connectivity index (χ0v) is 17.2. The van der Waals surface area contributed by atoms with Crippen LogP contribution in [-0.2, 0) is 11.3 Å². The lowest BCUT2D eigenvalue weighted by Crippen LogP contribution is -2.25. The SMILES string of the molecule is CCOc1ccc(C(COCc2ccc(F)c(Oc3ccc(F)cc3)c2)C(F)(F)F)cc1. The number of ether oxygens (including phenoxy) is 3. The molecule has 0 aliphatic carbocycles. The molecule has 0 saturated carbocycles. The molecular formula is C24H21F5O3. The molecule has 0 aliphatic heterocycles. The Labute approximate surface area is 182 Å². The Bertz CT molecular complexity index is 1000. The average Bonchev–Trinajstić information content (AvgIpc) is 2.75. The zero-order chi connectivity index (χ0) is 23.1. The number of halogens is 5. The van der Waals surface area contributed by atoms with Gasteiger partial charge >= 0.3 is 6.18 Å². The molecule has 0 bridgehead atoms.